The summed E-state index contributed by atoms with van der Waals surface area (Å²) in [5, 5.41) is 20.2. The first-order chi connectivity index (χ1) is 17.0. The van der Waals surface area contributed by atoms with Crippen LogP contribution in [0.1, 0.15) is 52.3 Å². The van der Waals surface area contributed by atoms with E-state index >= 15 is 0 Å². The highest BCUT2D eigenvalue weighted by Gasteiger charge is 2.26. The minimum absolute atomic E-state index is 0.124. The number of anilines is 1. The lowest BCUT2D eigenvalue weighted by molar-refractivity contribution is 0.0865. The molecule has 1 saturated carbocycles. The Bertz CT molecular complexity index is 1180. The SMILES string of the molecule is Cc1ncoc1COc1ccc2c(c1)CN[C@H](C(O)CNC(=O)c1cc(NC3CCC3)ncn1)C2. The molecule has 1 aliphatic heterocycles. The van der Waals surface area contributed by atoms with Gasteiger partial charge in [-0.15, -0.1) is 0 Å². The van der Waals surface area contributed by atoms with Crippen molar-refractivity contribution in [3.63, 3.8) is 0 Å². The fraction of sp³-hybridized carbons (Fsp3) is 0.440. The minimum atomic E-state index is -0.744. The molecule has 35 heavy (non-hydrogen) atoms. The molecule has 10 nitrogen and oxygen atoms in total. The monoisotopic (exact) mass is 478 g/mol. The van der Waals surface area contributed by atoms with Gasteiger partial charge in [-0.3, -0.25) is 4.79 Å². The third kappa shape index (κ3) is 5.60. The van der Waals surface area contributed by atoms with Gasteiger partial charge in [-0.1, -0.05) is 6.07 Å². The third-order valence-corrected chi connectivity index (χ3v) is 6.68. The Labute approximate surface area is 203 Å². The number of nitrogens with zero attached hydrogens (tertiary/aromatic N) is 3. The smallest absolute Gasteiger partial charge is 0.270 e. The number of oxazole rings is 1. The summed E-state index contributed by atoms with van der Waals surface area (Å²) in [6.07, 6.45) is 6.15. The van der Waals surface area contributed by atoms with Crippen molar-refractivity contribution in [1.29, 1.82) is 0 Å². The van der Waals surface area contributed by atoms with Gasteiger partial charge in [0.2, 0.25) is 0 Å². The Morgan fingerprint density at radius 3 is 2.91 bits per heavy atom. The molecule has 4 N–H and O–H groups in total. The van der Waals surface area contributed by atoms with Gasteiger partial charge >= 0.3 is 0 Å². The lowest BCUT2D eigenvalue weighted by Crippen LogP contribution is -2.49. The van der Waals surface area contributed by atoms with E-state index in [-0.39, 0.29) is 24.2 Å². The Kier molecular flexibility index (Phi) is 6.91. The molecule has 1 fully saturated rings. The second-order valence-corrected chi connectivity index (χ2v) is 9.11. The summed E-state index contributed by atoms with van der Waals surface area (Å²) in [6, 6.07) is 7.84. The van der Waals surface area contributed by atoms with E-state index in [1.807, 2.05) is 25.1 Å². The van der Waals surface area contributed by atoms with Crippen LogP contribution >= 0.6 is 0 Å². The van der Waals surface area contributed by atoms with Crippen LogP contribution in [-0.2, 0) is 19.6 Å². The van der Waals surface area contributed by atoms with E-state index in [1.165, 1.54) is 19.1 Å². The van der Waals surface area contributed by atoms with Gasteiger partial charge in [-0.2, -0.15) is 0 Å². The molecule has 1 aromatic carbocycles. The molecule has 1 amide bonds. The van der Waals surface area contributed by atoms with Crippen LogP contribution in [-0.4, -0.2) is 50.7 Å². The average Bonchev–Trinajstić information content (AvgIpc) is 3.27. The number of aliphatic hydroxyl groups is 1. The molecule has 1 aliphatic carbocycles. The van der Waals surface area contributed by atoms with Crippen LogP contribution in [0.4, 0.5) is 5.82 Å². The summed E-state index contributed by atoms with van der Waals surface area (Å²) in [7, 11) is 0. The Morgan fingerprint density at radius 2 is 2.14 bits per heavy atom. The minimum Gasteiger partial charge on any atom is -0.486 e. The first-order valence-electron chi connectivity index (χ1n) is 12.0. The van der Waals surface area contributed by atoms with Crippen molar-refractivity contribution >= 4 is 11.7 Å². The lowest BCUT2D eigenvalue weighted by Gasteiger charge is -2.30. The molecule has 10 heteroatoms. The number of aromatic nitrogens is 3. The second kappa shape index (κ2) is 10.4. The topological polar surface area (TPSA) is 134 Å². The Morgan fingerprint density at radius 1 is 1.26 bits per heavy atom. The maximum Gasteiger partial charge on any atom is 0.270 e. The number of ether oxygens (including phenoxy) is 1. The molecule has 2 aliphatic rings. The number of carbonyl (C=O) groups is 1. The highest BCUT2D eigenvalue weighted by Crippen LogP contribution is 2.25. The highest BCUT2D eigenvalue weighted by molar-refractivity contribution is 5.92. The number of aryl methyl sites for hydroxylation is 1. The van der Waals surface area contributed by atoms with E-state index in [9.17, 15) is 9.90 Å². The van der Waals surface area contributed by atoms with E-state index in [4.69, 9.17) is 9.15 Å². The second-order valence-electron chi connectivity index (χ2n) is 9.11. The quantitative estimate of drug-likeness (QED) is 0.365. The molecule has 3 aromatic rings. The number of nitrogens with one attached hydrogen (secondary N) is 3. The first-order valence-corrected chi connectivity index (χ1v) is 12.0. The summed E-state index contributed by atoms with van der Waals surface area (Å²) >= 11 is 0. The van der Waals surface area contributed by atoms with Crippen LogP contribution in [0.2, 0.25) is 0 Å². The summed E-state index contributed by atoms with van der Waals surface area (Å²) in [5.74, 6) is 1.78. The van der Waals surface area contributed by atoms with E-state index in [0.717, 1.165) is 35.4 Å². The van der Waals surface area contributed by atoms with Crippen LogP contribution in [0.3, 0.4) is 0 Å². The summed E-state index contributed by atoms with van der Waals surface area (Å²) < 4.78 is 11.2. The predicted octanol–water partition coefficient (Wildman–Crippen LogP) is 2.12. The van der Waals surface area contributed by atoms with Crippen molar-refractivity contribution in [1.82, 2.24) is 25.6 Å². The van der Waals surface area contributed by atoms with Crippen molar-refractivity contribution in [2.24, 2.45) is 0 Å². The largest absolute Gasteiger partial charge is 0.486 e. The molecule has 2 aromatic heterocycles. The van der Waals surface area contributed by atoms with Crippen molar-refractivity contribution in [3.8, 4) is 5.75 Å². The van der Waals surface area contributed by atoms with Crippen molar-refractivity contribution in [3.05, 3.63) is 65.3 Å². The molecule has 1 unspecified atom stereocenters. The van der Waals surface area contributed by atoms with Crippen LogP contribution in [0.25, 0.3) is 0 Å². The molecule has 184 valence electrons. The van der Waals surface area contributed by atoms with E-state index in [2.05, 4.69) is 30.9 Å². The Hall–Kier alpha value is -3.50. The first kappa shape index (κ1) is 23.3. The highest BCUT2D eigenvalue weighted by atomic mass is 16.5. The summed E-state index contributed by atoms with van der Waals surface area (Å²) in [4.78, 5) is 24.9. The maximum atomic E-state index is 12.6. The number of hydrogen-bond acceptors (Lipinski definition) is 9. The number of rotatable bonds is 9. The average molecular weight is 479 g/mol. The molecular weight excluding hydrogens is 448 g/mol. The van der Waals surface area contributed by atoms with Crippen LogP contribution in [0.15, 0.2) is 41.4 Å². The number of amides is 1. The van der Waals surface area contributed by atoms with Gasteiger partial charge in [0.05, 0.1) is 11.8 Å². The lowest BCUT2D eigenvalue weighted by atomic mass is 9.92. The maximum absolute atomic E-state index is 12.6. The van der Waals surface area contributed by atoms with Gasteiger partial charge in [-0.25, -0.2) is 15.0 Å². The molecule has 0 spiro atoms. The third-order valence-electron chi connectivity index (χ3n) is 6.68. The predicted molar refractivity (Wildman–Crippen MR) is 128 cm³/mol. The summed E-state index contributed by atoms with van der Waals surface area (Å²) in [5.41, 5.74) is 3.37. The number of aliphatic hydroxyl groups excluding tert-OH is 1. The molecule has 2 atom stereocenters. The zero-order chi connectivity index (χ0) is 24.2. The zero-order valence-corrected chi connectivity index (χ0v) is 19.7. The van der Waals surface area contributed by atoms with Crippen LogP contribution in [0, 0.1) is 6.92 Å². The number of fused-ring (bicyclic) bond motifs is 1. The van der Waals surface area contributed by atoms with Gasteiger partial charge in [0, 0.05) is 31.2 Å². The number of benzene rings is 1. The van der Waals surface area contributed by atoms with Gasteiger partial charge in [0.15, 0.2) is 12.2 Å². The van der Waals surface area contributed by atoms with Crippen LogP contribution < -0.4 is 20.7 Å². The van der Waals surface area contributed by atoms with Gasteiger partial charge in [-0.05, 0) is 55.9 Å². The fourth-order valence-corrected chi connectivity index (χ4v) is 4.24. The van der Waals surface area contributed by atoms with Gasteiger partial charge in [0.25, 0.3) is 5.91 Å². The van der Waals surface area contributed by atoms with E-state index in [0.29, 0.717) is 37.2 Å². The van der Waals surface area contributed by atoms with Crippen molar-refractivity contribution < 1.29 is 19.1 Å². The van der Waals surface area contributed by atoms with Crippen molar-refractivity contribution in [2.75, 3.05) is 11.9 Å². The van der Waals surface area contributed by atoms with E-state index < -0.39 is 6.10 Å². The zero-order valence-electron chi connectivity index (χ0n) is 19.7. The number of hydrogen-bond donors (Lipinski definition) is 4. The molecule has 0 saturated heterocycles. The van der Waals surface area contributed by atoms with Crippen LogP contribution in [0.5, 0.6) is 5.75 Å². The Balaban J connectivity index is 1.12. The summed E-state index contributed by atoms with van der Waals surface area (Å²) in [6.45, 7) is 2.93. The number of carbonyl (C=O) groups excluding carboxylic acids is 1. The molecule has 5 rings (SSSR count). The normalized spacial score (nSPS) is 18.3. The van der Waals surface area contributed by atoms with E-state index in [1.54, 1.807) is 6.07 Å². The van der Waals surface area contributed by atoms with Crippen molar-refractivity contribution in [2.45, 2.75) is 63.9 Å². The molecule has 3 heterocycles. The molecule has 0 bridgehead atoms. The fourth-order valence-electron chi connectivity index (χ4n) is 4.24. The standard InChI is InChI=1S/C25H30N6O4/c1-15-23(35-14-30-15)12-34-19-6-5-16-8-20(26-10-17(16)7-19)22(32)11-27-25(33)21-9-24(29-13-28-21)31-18-3-2-4-18/h5-7,9,13-14,18,20,22,26,32H,2-4,8,10-12H2,1H3,(H,27,33)(H,28,29,31)/t20-,22?/m0/s1. The molecule has 0 radical (unpaired) electrons. The molecular formula is C25H30N6O4. The van der Waals surface area contributed by atoms with Gasteiger partial charge in [0.1, 0.15) is 30.2 Å². The van der Waals surface area contributed by atoms with Gasteiger partial charge < -0.3 is 30.2 Å².